The highest BCUT2D eigenvalue weighted by atomic mass is 32.2. The van der Waals surface area contributed by atoms with Gasteiger partial charge in [-0.2, -0.15) is 18.6 Å². The fourth-order valence-electron chi connectivity index (χ4n) is 3.05. The lowest BCUT2D eigenvalue weighted by atomic mass is 9.99. The number of ether oxygens (including phenoxy) is 2. The number of hydrazone groups is 1. The molecule has 0 amide bonds. The molecule has 31 heavy (non-hydrogen) atoms. The van der Waals surface area contributed by atoms with Crippen LogP contribution in [0, 0.1) is 0 Å². The number of H-pyrrole nitrogens is 1. The minimum absolute atomic E-state index is 0.156. The van der Waals surface area contributed by atoms with Crippen molar-refractivity contribution in [3.8, 4) is 22.8 Å². The summed E-state index contributed by atoms with van der Waals surface area (Å²) in [6, 6.07) is 12.3. The molecule has 8 nitrogen and oxygen atoms in total. The second kappa shape index (κ2) is 9.65. The third kappa shape index (κ3) is 5.05. The van der Waals surface area contributed by atoms with Gasteiger partial charge in [0.15, 0.2) is 11.5 Å². The first-order valence-corrected chi connectivity index (χ1v) is 11.3. The van der Waals surface area contributed by atoms with Crippen molar-refractivity contribution in [2.75, 3.05) is 14.2 Å². The van der Waals surface area contributed by atoms with Gasteiger partial charge in [-0.25, -0.2) is 4.83 Å². The number of sulfonamides is 1. The highest BCUT2D eigenvalue weighted by Crippen LogP contribution is 2.32. The molecule has 2 aromatic carbocycles. The van der Waals surface area contributed by atoms with E-state index >= 15 is 0 Å². The molecule has 164 valence electrons. The fourth-order valence-corrected chi connectivity index (χ4v) is 3.84. The van der Waals surface area contributed by atoms with Crippen molar-refractivity contribution in [3.05, 3.63) is 59.8 Å². The minimum Gasteiger partial charge on any atom is -0.493 e. The molecule has 3 rings (SSSR count). The normalized spacial score (nSPS) is 12.6. The number of hydrogen-bond donors (Lipinski definition) is 2. The van der Waals surface area contributed by atoms with Crippen LogP contribution in [0.4, 0.5) is 0 Å². The molecule has 1 aromatic heterocycles. The number of aromatic amines is 1. The Bertz CT molecular complexity index is 1150. The van der Waals surface area contributed by atoms with Crippen LogP contribution in [0.2, 0.25) is 0 Å². The predicted molar refractivity (Wildman–Crippen MR) is 120 cm³/mol. The molecule has 0 bridgehead atoms. The second-order valence-electron chi connectivity index (χ2n) is 7.00. The largest absolute Gasteiger partial charge is 0.493 e. The molecule has 0 aliphatic heterocycles. The Labute approximate surface area is 182 Å². The van der Waals surface area contributed by atoms with E-state index in [1.807, 2.05) is 18.2 Å². The van der Waals surface area contributed by atoms with Crippen molar-refractivity contribution in [2.24, 2.45) is 5.10 Å². The standard InChI is InChI=1S/C22H26N4O4S/c1-5-15(2)16-6-9-19(10-7-16)31(27,28)26-24-14-18-13-23-25-22(18)17-8-11-20(29-3)21(12-17)30-4/h6-15,26H,5H2,1-4H3,(H,23,25). The van der Waals surface area contributed by atoms with Gasteiger partial charge in [-0.05, 0) is 48.2 Å². The Morgan fingerprint density at radius 1 is 1.13 bits per heavy atom. The van der Waals surface area contributed by atoms with Crippen molar-refractivity contribution in [1.29, 1.82) is 0 Å². The number of benzene rings is 2. The molecule has 1 heterocycles. The van der Waals surface area contributed by atoms with Crippen molar-refractivity contribution in [2.45, 2.75) is 31.1 Å². The number of methoxy groups -OCH3 is 2. The zero-order valence-corrected chi connectivity index (χ0v) is 18.7. The summed E-state index contributed by atoms with van der Waals surface area (Å²) >= 11 is 0. The molecular weight excluding hydrogens is 416 g/mol. The van der Waals surface area contributed by atoms with Gasteiger partial charge in [0, 0.05) is 11.1 Å². The number of rotatable bonds is 9. The predicted octanol–water partition coefficient (Wildman–Crippen LogP) is 3.92. The smallest absolute Gasteiger partial charge is 0.276 e. The zero-order chi connectivity index (χ0) is 22.4. The third-order valence-corrected chi connectivity index (χ3v) is 6.33. The Balaban J connectivity index is 1.77. The van der Waals surface area contributed by atoms with Crippen LogP contribution in [0.25, 0.3) is 11.3 Å². The van der Waals surface area contributed by atoms with E-state index < -0.39 is 10.0 Å². The molecule has 0 radical (unpaired) electrons. The van der Waals surface area contributed by atoms with Crippen LogP contribution >= 0.6 is 0 Å². The average molecular weight is 443 g/mol. The van der Waals surface area contributed by atoms with Crippen molar-refractivity contribution in [3.63, 3.8) is 0 Å². The Morgan fingerprint density at radius 3 is 2.48 bits per heavy atom. The van der Waals surface area contributed by atoms with E-state index in [1.165, 1.54) is 6.21 Å². The average Bonchev–Trinajstić information content (AvgIpc) is 3.26. The molecule has 0 saturated heterocycles. The van der Waals surface area contributed by atoms with E-state index in [9.17, 15) is 8.42 Å². The number of aromatic nitrogens is 2. The lowest BCUT2D eigenvalue weighted by Gasteiger charge is -2.10. The van der Waals surface area contributed by atoms with Gasteiger partial charge in [0.25, 0.3) is 10.0 Å². The Hall–Kier alpha value is -3.33. The summed E-state index contributed by atoms with van der Waals surface area (Å²) in [6.45, 7) is 4.20. The molecule has 1 unspecified atom stereocenters. The first kappa shape index (κ1) is 22.4. The molecule has 2 N–H and O–H groups in total. The third-order valence-electron chi connectivity index (χ3n) is 5.09. The van der Waals surface area contributed by atoms with Gasteiger partial charge in [-0.1, -0.05) is 26.0 Å². The van der Waals surface area contributed by atoms with Gasteiger partial charge in [0.05, 0.1) is 37.2 Å². The lowest BCUT2D eigenvalue weighted by molar-refractivity contribution is 0.355. The van der Waals surface area contributed by atoms with Gasteiger partial charge < -0.3 is 9.47 Å². The van der Waals surface area contributed by atoms with Crippen LogP contribution in [-0.2, 0) is 10.0 Å². The van der Waals surface area contributed by atoms with Gasteiger partial charge in [-0.15, -0.1) is 0 Å². The van der Waals surface area contributed by atoms with Crippen LogP contribution in [0.15, 0.2) is 58.7 Å². The van der Waals surface area contributed by atoms with Crippen molar-refractivity contribution >= 4 is 16.2 Å². The highest BCUT2D eigenvalue weighted by molar-refractivity contribution is 7.89. The minimum atomic E-state index is -3.77. The zero-order valence-electron chi connectivity index (χ0n) is 17.9. The van der Waals surface area contributed by atoms with Crippen LogP contribution < -0.4 is 14.3 Å². The second-order valence-corrected chi connectivity index (χ2v) is 8.66. The summed E-state index contributed by atoms with van der Waals surface area (Å²) in [7, 11) is -0.653. The highest BCUT2D eigenvalue weighted by Gasteiger charge is 2.14. The maximum absolute atomic E-state index is 12.5. The molecule has 0 aliphatic rings. The molecule has 0 aliphatic carbocycles. The van der Waals surface area contributed by atoms with E-state index in [0.717, 1.165) is 17.5 Å². The van der Waals surface area contributed by atoms with Crippen molar-refractivity contribution in [1.82, 2.24) is 15.0 Å². The summed E-state index contributed by atoms with van der Waals surface area (Å²) in [5.74, 6) is 1.55. The maximum atomic E-state index is 12.5. The van der Waals surface area contributed by atoms with Gasteiger partial charge >= 0.3 is 0 Å². The molecule has 0 spiro atoms. The Kier molecular flexibility index (Phi) is 6.96. The summed E-state index contributed by atoms with van der Waals surface area (Å²) in [6.07, 6.45) is 3.95. The summed E-state index contributed by atoms with van der Waals surface area (Å²) in [5, 5.41) is 10.9. The van der Waals surface area contributed by atoms with E-state index in [4.69, 9.17) is 9.47 Å². The molecule has 9 heteroatoms. The van der Waals surface area contributed by atoms with E-state index in [-0.39, 0.29) is 4.90 Å². The van der Waals surface area contributed by atoms with Crippen LogP contribution in [-0.4, -0.2) is 39.0 Å². The van der Waals surface area contributed by atoms with Crippen LogP contribution in [0.3, 0.4) is 0 Å². The monoisotopic (exact) mass is 442 g/mol. The maximum Gasteiger partial charge on any atom is 0.276 e. The van der Waals surface area contributed by atoms with Gasteiger partial charge in [0.2, 0.25) is 0 Å². The first-order chi connectivity index (χ1) is 14.9. The van der Waals surface area contributed by atoms with Crippen molar-refractivity contribution < 1.29 is 17.9 Å². The summed E-state index contributed by atoms with van der Waals surface area (Å²) in [4.78, 5) is 2.41. The molecule has 3 aromatic rings. The van der Waals surface area contributed by atoms with Gasteiger partial charge in [0.1, 0.15) is 0 Å². The summed E-state index contributed by atoms with van der Waals surface area (Å²) in [5.41, 5.74) is 3.17. The van der Waals surface area contributed by atoms with E-state index in [1.54, 1.807) is 44.7 Å². The molecule has 0 fully saturated rings. The molecule has 1 atom stereocenters. The molecular formula is C22H26N4O4S. The molecule has 0 saturated carbocycles. The number of nitrogens with zero attached hydrogens (tertiary/aromatic N) is 2. The van der Waals surface area contributed by atoms with Gasteiger partial charge in [-0.3, -0.25) is 5.10 Å². The van der Waals surface area contributed by atoms with E-state index in [2.05, 4.69) is 34.0 Å². The SMILES string of the molecule is CCC(C)c1ccc(S(=O)(=O)NN=Cc2cn[nH]c2-c2ccc(OC)c(OC)c2)cc1. The lowest BCUT2D eigenvalue weighted by Crippen LogP contribution is -2.18. The quantitative estimate of drug-likeness (QED) is 0.386. The fraction of sp³-hybridized carbons (Fsp3) is 0.273. The number of hydrogen-bond acceptors (Lipinski definition) is 6. The summed E-state index contributed by atoms with van der Waals surface area (Å²) < 4.78 is 35.7. The van der Waals surface area contributed by atoms with Crippen LogP contribution in [0.1, 0.15) is 37.3 Å². The van der Waals surface area contributed by atoms with Crippen LogP contribution in [0.5, 0.6) is 11.5 Å². The Morgan fingerprint density at radius 2 is 1.84 bits per heavy atom. The van der Waals surface area contributed by atoms with E-state index in [0.29, 0.717) is 28.7 Å². The number of nitrogens with one attached hydrogen (secondary N) is 2. The first-order valence-electron chi connectivity index (χ1n) is 9.80. The topological polar surface area (TPSA) is 106 Å².